The van der Waals surface area contributed by atoms with Gasteiger partial charge < -0.3 is 0 Å². The molecule has 25 heavy (non-hydrogen) atoms. The Labute approximate surface area is 155 Å². The summed E-state index contributed by atoms with van der Waals surface area (Å²) in [5.74, 6) is 0. The normalized spacial score (nSPS) is 20.4. The van der Waals surface area contributed by atoms with Gasteiger partial charge in [0.2, 0.25) is 0 Å². The van der Waals surface area contributed by atoms with Crippen molar-refractivity contribution in [2.24, 2.45) is 0 Å². The van der Waals surface area contributed by atoms with Crippen molar-refractivity contribution < 1.29 is 0 Å². The molecule has 0 nitrogen and oxygen atoms in total. The van der Waals surface area contributed by atoms with Crippen molar-refractivity contribution in [3.05, 3.63) is 64.7 Å². The lowest BCUT2D eigenvalue weighted by Crippen LogP contribution is -2.12. The van der Waals surface area contributed by atoms with Crippen LogP contribution in [0.1, 0.15) is 33.9 Å². The fourth-order valence-electron chi connectivity index (χ4n) is 4.23. The first-order chi connectivity index (χ1) is 11.8. The van der Waals surface area contributed by atoms with Crippen molar-refractivity contribution in [2.75, 3.05) is 31.3 Å². The van der Waals surface area contributed by atoms with Crippen LogP contribution in [0.5, 0.6) is 0 Å². The molecule has 1 unspecified atom stereocenters. The molecule has 0 amide bonds. The van der Waals surface area contributed by atoms with Crippen LogP contribution < -0.4 is 0 Å². The van der Waals surface area contributed by atoms with Crippen molar-refractivity contribution in [3.8, 4) is 11.1 Å². The summed E-state index contributed by atoms with van der Waals surface area (Å²) in [5, 5.41) is 0.617. The minimum Gasteiger partial charge on any atom is -0.218 e. The van der Waals surface area contributed by atoms with E-state index in [1.165, 1.54) is 36.0 Å². The highest BCUT2D eigenvalue weighted by Gasteiger charge is 2.37. The van der Waals surface area contributed by atoms with Gasteiger partial charge >= 0.3 is 0 Å². The van der Waals surface area contributed by atoms with Crippen molar-refractivity contribution >= 4 is 24.2 Å². The van der Waals surface area contributed by atoms with E-state index in [9.17, 15) is 0 Å². The SMILES string of the molecule is CS(C)(C)S(C)(C)C1C=Cc2c1cc1c(c2-c2ccccc2)CCC1. The summed E-state index contributed by atoms with van der Waals surface area (Å²) in [6, 6.07) is 13.7. The standard InChI is InChI=1S/C23H30S2/c1-24(2,3)25(4,5)22-15-14-20-21(22)16-18-12-9-13-19(18)23(20)17-10-7-6-8-11-17/h6-8,10-11,14-16,22H,9,12-13H2,1-5H3. The molecule has 1 atom stereocenters. The van der Waals surface area contributed by atoms with Crippen LogP contribution in [-0.4, -0.2) is 31.3 Å². The van der Waals surface area contributed by atoms with Crippen LogP contribution in [0.25, 0.3) is 17.2 Å². The molecule has 0 spiro atoms. The van der Waals surface area contributed by atoms with E-state index in [4.69, 9.17) is 0 Å². The van der Waals surface area contributed by atoms with Crippen molar-refractivity contribution in [2.45, 2.75) is 24.5 Å². The number of hydrogen-bond acceptors (Lipinski definition) is 0. The average Bonchev–Trinajstić information content (AvgIpc) is 3.18. The highest BCUT2D eigenvalue weighted by Crippen LogP contribution is 2.80. The third kappa shape index (κ3) is 2.69. The van der Waals surface area contributed by atoms with Gasteiger partial charge in [-0.1, -0.05) is 48.6 Å². The molecule has 2 aromatic carbocycles. The molecule has 0 N–H and O–H groups in total. The van der Waals surface area contributed by atoms with Crippen molar-refractivity contribution in [3.63, 3.8) is 0 Å². The Bertz CT molecular complexity index is 839. The minimum absolute atomic E-state index is 0.588. The first kappa shape index (κ1) is 17.3. The Hall–Kier alpha value is -1.12. The first-order valence-electron chi connectivity index (χ1n) is 9.13. The lowest BCUT2D eigenvalue weighted by Gasteiger charge is -2.53. The minimum atomic E-state index is -0.709. The molecule has 134 valence electrons. The molecular formula is C23H30S2. The van der Waals surface area contributed by atoms with Gasteiger partial charge in [-0.15, -0.1) is 0 Å². The third-order valence-corrected chi connectivity index (χ3v) is 18.7. The van der Waals surface area contributed by atoms with Gasteiger partial charge in [0.15, 0.2) is 0 Å². The van der Waals surface area contributed by atoms with Gasteiger partial charge in [-0.05, 0) is 83.9 Å². The maximum atomic E-state index is 2.58. The summed E-state index contributed by atoms with van der Waals surface area (Å²) in [7, 11) is -1.30. The second-order valence-electron chi connectivity index (χ2n) is 8.43. The Kier molecular flexibility index (Phi) is 4.12. The molecule has 0 saturated heterocycles. The Morgan fingerprint density at radius 2 is 1.64 bits per heavy atom. The van der Waals surface area contributed by atoms with E-state index in [1.807, 2.05) is 0 Å². The Balaban J connectivity index is 1.93. The lowest BCUT2D eigenvalue weighted by atomic mass is 9.89. The molecule has 4 rings (SSSR count). The summed E-state index contributed by atoms with van der Waals surface area (Å²) < 4.78 is 0. The van der Waals surface area contributed by atoms with E-state index in [-0.39, 0.29) is 0 Å². The smallest absolute Gasteiger partial charge is 0.0394 e. The summed E-state index contributed by atoms with van der Waals surface area (Å²) in [5.41, 5.74) is 9.29. The molecule has 2 aliphatic carbocycles. The van der Waals surface area contributed by atoms with Crippen LogP contribution in [0.15, 0.2) is 42.5 Å². The molecule has 2 aromatic rings. The molecule has 2 aliphatic rings. The largest absolute Gasteiger partial charge is 0.218 e. The molecule has 0 saturated carbocycles. The fraction of sp³-hybridized carbons (Fsp3) is 0.391. The average molecular weight is 371 g/mol. The molecule has 2 heteroatoms. The monoisotopic (exact) mass is 370 g/mol. The molecule has 0 fully saturated rings. The Morgan fingerprint density at radius 1 is 0.920 bits per heavy atom. The summed E-state index contributed by atoms with van der Waals surface area (Å²) in [6.45, 7) is 0. The number of aryl methyl sites for hydroxylation is 1. The maximum Gasteiger partial charge on any atom is 0.0394 e. The van der Waals surface area contributed by atoms with Crippen LogP contribution in [0.3, 0.4) is 0 Å². The van der Waals surface area contributed by atoms with Crippen molar-refractivity contribution in [1.29, 1.82) is 0 Å². The van der Waals surface area contributed by atoms with Gasteiger partial charge in [-0.2, -0.15) is 0 Å². The molecule has 0 radical (unpaired) electrons. The quantitative estimate of drug-likeness (QED) is 0.535. The van der Waals surface area contributed by atoms with Crippen LogP contribution >= 0.6 is 18.1 Å². The highest BCUT2D eigenvalue weighted by molar-refractivity contribution is 9.07. The van der Waals surface area contributed by atoms with E-state index in [0.717, 1.165) is 0 Å². The van der Waals surface area contributed by atoms with Gasteiger partial charge in [0.25, 0.3) is 0 Å². The van der Waals surface area contributed by atoms with E-state index >= 15 is 0 Å². The Morgan fingerprint density at radius 3 is 2.32 bits per heavy atom. The van der Waals surface area contributed by atoms with E-state index in [1.54, 1.807) is 16.7 Å². The zero-order valence-corrected chi connectivity index (χ0v) is 17.8. The number of fused-ring (bicyclic) bond motifs is 2. The van der Waals surface area contributed by atoms with Gasteiger partial charge in [0, 0.05) is 5.25 Å². The van der Waals surface area contributed by atoms with E-state index in [2.05, 4.69) is 79.8 Å². The zero-order valence-electron chi connectivity index (χ0n) is 16.1. The molecule has 0 heterocycles. The topological polar surface area (TPSA) is 0 Å². The van der Waals surface area contributed by atoms with Crippen LogP contribution in [0, 0.1) is 0 Å². The van der Waals surface area contributed by atoms with Gasteiger partial charge in [-0.3, -0.25) is 0 Å². The predicted molar refractivity (Wildman–Crippen MR) is 120 cm³/mol. The molecular weight excluding hydrogens is 340 g/mol. The second kappa shape index (κ2) is 5.96. The summed E-state index contributed by atoms with van der Waals surface area (Å²) in [6.07, 6.45) is 21.4. The maximum absolute atomic E-state index is 2.58. The number of hydrogen-bond donors (Lipinski definition) is 0. The van der Waals surface area contributed by atoms with Crippen LogP contribution in [0.2, 0.25) is 0 Å². The number of benzene rings is 2. The van der Waals surface area contributed by atoms with Gasteiger partial charge in [-0.25, -0.2) is 18.1 Å². The fourth-order valence-corrected chi connectivity index (χ4v) is 8.48. The van der Waals surface area contributed by atoms with E-state index in [0.29, 0.717) is 5.25 Å². The lowest BCUT2D eigenvalue weighted by molar-refractivity contribution is 0.912. The predicted octanol–water partition coefficient (Wildman–Crippen LogP) is 6.58. The van der Waals surface area contributed by atoms with Crippen LogP contribution in [-0.2, 0) is 12.8 Å². The first-order valence-corrected chi connectivity index (χ1v) is 15.0. The second-order valence-corrected chi connectivity index (χ2v) is 20.6. The summed E-state index contributed by atoms with van der Waals surface area (Å²) >= 11 is 0. The van der Waals surface area contributed by atoms with Gasteiger partial charge in [0.1, 0.15) is 0 Å². The third-order valence-electron chi connectivity index (χ3n) is 6.18. The summed E-state index contributed by atoms with van der Waals surface area (Å²) in [4.78, 5) is 0. The molecule has 0 bridgehead atoms. The molecule has 0 aliphatic heterocycles. The van der Waals surface area contributed by atoms with Crippen molar-refractivity contribution in [1.82, 2.24) is 0 Å². The van der Waals surface area contributed by atoms with Gasteiger partial charge in [0.05, 0.1) is 0 Å². The zero-order chi connectivity index (χ0) is 17.8. The van der Waals surface area contributed by atoms with Crippen LogP contribution in [0.4, 0.5) is 0 Å². The highest BCUT2D eigenvalue weighted by atomic mass is 33.2. The molecule has 0 aromatic heterocycles. The number of rotatable bonds is 3. The van der Waals surface area contributed by atoms with E-state index < -0.39 is 18.1 Å².